The molecule has 2 amide bonds. The van der Waals surface area contributed by atoms with Crippen LogP contribution in [0, 0.1) is 6.92 Å². The maximum Gasteiger partial charge on any atom is 0.490 e. The molecule has 9 nitrogen and oxygen atoms in total. The summed E-state index contributed by atoms with van der Waals surface area (Å²) in [6.07, 6.45) is 0.737. The Labute approximate surface area is 187 Å². The molecule has 12 heteroatoms. The van der Waals surface area contributed by atoms with Crippen molar-refractivity contribution < 1.29 is 37.2 Å². The van der Waals surface area contributed by atoms with Crippen molar-refractivity contribution in [1.82, 2.24) is 19.9 Å². The van der Waals surface area contributed by atoms with Gasteiger partial charge in [-0.2, -0.15) is 13.2 Å². The van der Waals surface area contributed by atoms with E-state index in [0.29, 0.717) is 24.5 Å². The number of aliphatic carboxylic acids is 1. The van der Waals surface area contributed by atoms with Crippen molar-refractivity contribution in [2.24, 2.45) is 0 Å². The molecule has 2 aliphatic heterocycles. The Morgan fingerprint density at radius 2 is 1.91 bits per heavy atom. The normalized spacial score (nSPS) is 19.9. The number of hydrogen-bond acceptors (Lipinski definition) is 6. The smallest absolute Gasteiger partial charge is 0.475 e. The highest BCUT2D eigenvalue weighted by atomic mass is 19.4. The molecule has 2 saturated heterocycles. The van der Waals surface area contributed by atoms with E-state index in [9.17, 15) is 22.8 Å². The fourth-order valence-corrected chi connectivity index (χ4v) is 4.21. The Bertz CT molecular complexity index is 1020. The number of likely N-dealkylation sites (tertiary alicyclic amines) is 2. The van der Waals surface area contributed by atoms with Gasteiger partial charge >= 0.3 is 12.1 Å². The molecule has 2 aromatic heterocycles. The summed E-state index contributed by atoms with van der Waals surface area (Å²) in [6, 6.07) is 5.50. The van der Waals surface area contributed by atoms with Crippen LogP contribution in [0.1, 0.15) is 47.0 Å². The largest absolute Gasteiger partial charge is 0.490 e. The van der Waals surface area contributed by atoms with Gasteiger partial charge in [0.2, 0.25) is 5.91 Å². The van der Waals surface area contributed by atoms with Gasteiger partial charge in [0.15, 0.2) is 5.69 Å². The van der Waals surface area contributed by atoms with Gasteiger partial charge in [0.05, 0.1) is 5.92 Å². The standard InChI is InChI=1S/C19H22N4O3.C2HF3O2/c1-13-10-16(21-26-13)18(25)23-8-5-19(6-9-23)11-15(17(24)22(19)2)14-4-3-7-20-12-14;3-2(4,5)1(6)7/h3-4,7,10,12,15H,5-6,8-9,11H2,1-2H3;(H,6,7). The minimum absolute atomic E-state index is 0.104. The van der Waals surface area contributed by atoms with Crippen LogP contribution in [0.3, 0.4) is 0 Å². The molecule has 1 unspecified atom stereocenters. The minimum Gasteiger partial charge on any atom is -0.475 e. The lowest BCUT2D eigenvalue weighted by molar-refractivity contribution is -0.192. The molecular weight excluding hydrogens is 445 g/mol. The summed E-state index contributed by atoms with van der Waals surface area (Å²) >= 11 is 0. The minimum atomic E-state index is -5.08. The summed E-state index contributed by atoms with van der Waals surface area (Å²) in [5, 5.41) is 10.9. The van der Waals surface area contributed by atoms with Gasteiger partial charge in [-0.3, -0.25) is 14.6 Å². The van der Waals surface area contributed by atoms with E-state index in [1.807, 2.05) is 24.1 Å². The highest BCUT2D eigenvalue weighted by Crippen LogP contribution is 2.44. The van der Waals surface area contributed by atoms with Gasteiger partial charge in [-0.25, -0.2) is 4.79 Å². The molecule has 1 N–H and O–H groups in total. The van der Waals surface area contributed by atoms with E-state index in [2.05, 4.69) is 10.1 Å². The van der Waals surface area contributed by atoms with Crippen molar-refractivity contribution in [2.45, 2.75) is 43.8 Å². The average molecular weight is 468 g/mol. The summed E-state index contributed by atoms with van der Waals surface area (Å²) < 4.78 is 36.7. The number of carbonyl (C=O) groups excluding carboxylic acids is 2. The van der Waals surface area contributed by atoms with Crippen LogP contribution >= 0.6 is 0 Å². The second-order valence-electron chi connectivity index (χ2n) is 8.08. The van der Waals surface area contributed by atoms with Gasteiger partial charge in [0, 0.05) is 44.1 Å². The Balaban J connectivity index is 0.000000383. The average Bonchev–Trinajstić information content (AvgIpc) is 3.32. The second kappa shape index (κ2) is 9.20. The number of amides is 2. The number of rotatable bonds is 2. The van der Waals surface area contributed by atoms with Crippen LogP contribution in [0.25, 0.3) is 0 Å². The lowest BCUT2D eigenvalue weighted by Crippen LogP contribution is -2.52. The summed E-state index contributed by atoms with van der Waals surface area (Å²) in [6.45, 7) is 3.00. The second-order valence-corrected chi connectivity index (χ2v) is 8.08. The molecular formula is C21H23F3N4O5. The van der Waals surface area contributed by atoms with E-state index in [4.69, 9.17) is 14.4 Å². The quantitative estimate of drug-likeness (QED) is 0.720. The van der Waals surface area contributed by atoms with Crippen LogP contribution in [-0.2, 0) is 9.59 Å². The summed E-state index contributed by atoms with van der Waals surface area (Å²) in [4.78, 5) is 42.1. The van der Waals surface area contributed by atoms with Crippen molar-refractivity contribution in [2.75, 3.05) is 20.1 Å². The Morgan fingerprint density at radius 3 is 2.39 bits per heavy atom. The Hall–Kier alpha value is -3.44. The van der Waals surface area contributed by atoms with Gasteiger partial charge < -0.3 is 19.4 Å². The summed E-state index contributed by atoms with van der Waals surface area (Å²) in [7, 11) is 1.89. The lowest BCUT2D eigenvalue weighted by Gasteiger charge is -2.43. The molecule has 2 aromatic rings. The molecule has 4 heterocycles. The first kappa shape index (κ1) is 24.2. The van der Waals surface area contributed by atoms with E-state index < -0.39 is 12.1 Å². The number of carboxylic acids is 1. The highest BCUT2D eigenvalue weighted by molar-refractivity contribution is 5.92. The van der Waals surface area contributed by atoms with Crippen molar-refractivity contribution in [3.05, 3.63) is 47.6 Å². The first-order chi connectivity index (χ1) is 15.4. The monoisotopic (exact) mass is 468 g/mol. The third kappa shape index (κ3) is 5.15. The van der Waals surface area contributed by atoms with E-state index in [1.54, 1.807) is 30.3 Å². The first-order valence-corrected chi connectivity index (χ1v) is 10.1. The number of halogens is 3. The molecule has 1 atom stereocenters. The Kier molecular flexibility index (Phi) is 6.75. The van der Waals surface area contributed by atoms with Crippen LogP contribution < -0.4 is 0 Å². The molecule has 4 rings (SSSR count). The van der Waals surface area contributed by atoms with Gasteiger partial charge in [-0.15, -0.1) is 0 Å². The van der Waals surface area contributed by atoms with Gasteiger partial charge in [0.25, 0.3) is 5.91 Å². The van der Waals surface area contributed by atoms with Crippen molar-refractivity contribution in [3.63, 3.8) is 0 Å². The SMILES string of the molecule is Cc1cc(C(=O)N2CCC3(CC2)CC(c2cccnc2)C(=O)N3C)no1.O=C(O)C(F)(F)F. The maximum absolute atomic E-state index is 12.8. The molecule has 2 fully saturated rings. The van der Waals surface area contributed by atoms with E-state index >= 15 is 0 Å². The van der Waals surface area contributed by atoms with E-state index in [0.717, 1.165) is 24.8 Å². The third-order valence-electron chi connectivity index (χ3n) is 6.08. The fraction of sp³-hybridized carbons (Fsp3) is 0.476. The Morgan fingerprint density at radius 1 is 1.27 bits per heavy atom. The zero-order valence-corrected chi connectivity index (χ0v) is 18.0. The molecule has 2 aliphatic rings. The van der Waals surface area contributed by atoms with E-state index in [1.165, 1.54) is 0 Å². The van der Waals surface area contributed by atoms with E-state index in [-0.39, 0.29) is 23.3 Å². The summed E-state index contributed by atoms with van der Waals surface area (Å²) in [5.41, 5.74) is 1.13. The number of carbonyl (C=O) groups is 3. The first-order valence-electron chi connectivity index (χ1n) is 10.1. The zero-order chi connectivity index (χ0) is 24.4. The van der Waals surface area contributed by atoms with Gasteiger partial charge in [-0.05, 0) is 37.8 Å². The topological polar surface area (TPSA) is 117 Å². The van der Waals surface area contributed by atoms with Crippen LogP contribution in [0.5, 0.6) is 0 Å². The molecule has 33 heavy (non-hydrogen) atoms. The molecule has 0 radical (unpaired) electrons. The van der Waals surface area contributed by atoms with Crippen LogP contribution in [0.15, 0.2) is 35.1 Å². The van der Waals surface area contributed by atoms with Crippen molar-refractivity contribution in [3.8, 4) is 0 Å². The van der Waals surface area contributed by atoms with Gasteiger partial charge in [-0.1, -0.05) is 11.2 Å². The number of carboxylic acid groups (broad SMARTS) is 1. The molecule has 0 saturated carbocycles. The number of alkyl halides is 3. The highest BCUT2D eigenvalue weighted by Gasteiger charge is 2.51. The predicted molar refractivity (Wildman–Crippen MR) is 107 cm³/mol. The number of piperidine rings is 1. The molecule has 178 valence electrons. The number of hydrogen-bond donors (Lipinski definition) is 1. The van der Waals surface area contributed by atoms with Crippen LogP contribution in [0.2, 0.25) is 0 Å². The number of aromatic nitrogens is 2. The zero-order valence-electron chi connectivity index (χ0n) is 18.0. The molecule has 0 aromatic carbocycles. The fourth-order valence-electron chi connectivity index (χ4n) is 4.21. The van der Waals surface area contributed by atoms with Crippen LogP contribution in [-0.4, -0.2) is 74.7 Å². The number of nitrogens with zero attached hydrogens (tertiary/aromatic N) is 4. The van der Waals surface area contributed by atoms with Crippen molar-refractivity contribution >= 4 is 17.8 Å². The third-order valence-corrected chi connectivity index (χ3v) is 6.08. The molecule has 1 spiro atoms. The number of pyridine rings is 1. The van der Waals surface area contributed by atoms with Crippen molar-refractivity contribution in [1.29, 1.82) is 0 Å². The molecule has 0 aliphatic carbocycles. The number of likely N-dealkylation sites (N-methyl/N-ethyl adjacent to an activating group) is 1. The molecule has 0 bridgehead atoms. The predicted octanol–water partition coefficient (Wildman–Crippen LogP) is 2.63. The summed E-state index contributed by atoms with van der Waals surface area (Å²) in [5.74, 6) is -2.23. The maximum atomic E-state index is 12.8. The number of aryl methyl sites for hydroxylation is 1. The van der Waals surface area contributed by atoms with Crippen LogP contribution in [0.4, 0.5) is 13.2 Å². The van der Waals surface area contributed by atoms with Gasteiger partial charge in [0.1, 0.15) is 5.76 Å². The lowest BCUT2D eigenvalue weighted by atomic mass is 9.81.